The van der Waals surface area contributed by atoms with Gasteiger partial charge in [-0.3, -0.25) is 4.79 Å². The fourth-order valence-corrected chi connectivity index (χ4v) is 4.43. The molecule has 3 aromatic carbocycles. The van der Waals surface area contributed by atoms with Gasteiger partial charge in [0, 0.05) is 20.6 Å². The Hall–Kier alpha value is -3.43. The maximum Gasteiger partial charge on any atom is 0.304 e. The number of nitrogens with one attached hydrogen (secondary N) is 1. The number of nitrogens with zero attached hydrogens (tertiary/aromatic N) is 2. The second-order valence-corrected chi connectivity index (χ2v) is 10.5. The van der Waals surface area contributed by atoms with Gasteiger partial charge in [-0.15, -0.1) is 0 Å². The lowest BCUT2D eigenvalue weighted by atomic mass is 10.1. The van der Waals surface area contributed by atoms with Crippen LogP contribution in [0.25, 0.3) is 0 Å². The van der Waals surface area contributed by atoms with Crippen molar-refractivity contribution in [2.45, 2.75) is 27.0 Å². The lowest BCUT2D eigenvalue weighted by Gasteiger charge is -2.28. The van der Waals surface area contributed by atoms with E-state index in [1.54, 1.807) is 30.3 Å². The van der Waals surface area contributed by atoms with Crippen molar-refractivity contribution >= 4 is 21.8 Å². The summed E-state index contributed by atoms with van der Waals surface area (Å²) in [5.74, 6) is -0.0767. The Morgan fingerprint density at radius 1 is 0.943 bits per heavy atom. The van der Waals surface area contributed by atoms with E-state index in [0.717, 1.165) is 30.9 Å². The van der Waals surface area contributed by atoms with E-state index in [1.807, 2.05) is 38.1 Å². The first kappa shape index (κ1) is 26.2. The summed E-state index contributed by atoms with van der Waals surface area (Å²) in [5, 5.41) is 2.79. The number of hydrogen-bond acceptors (Lipinski definition) is 4. The van der Waals surface area contributed by atoms with E-state index in [9.17, 15) is 17.6 Å². The summed E-state index contributed by atoms with van der Waals surface area (Å²) in [6, 6.07) is 18.8. The maximum absolute atomic E-state index is 13.0. The van der Waals surface area contributed by atoms with Crippen LogP contribution in [0, 0.1) is 19.7 Å². The summed E-state index contributed by atoms with van der Waals surface area (Å²) in [6.45, 7) is 3.88. The second kappa shape index (κ2) is 11.3. The van der Waals surface area contributed by atoms with E-state index in [1.165, 1.54) is 26.2 Å². The first-order chi connectivity index (χ1) is 16.6. The first-order valence-corrected chi connectivity index (χ1v) is 12.5. The zero-order valence-electron chi connectivity index (χ0n) is 20.3. The van der Waals surface area contributed by atoms with Crippen LogP contribution in [0.15, 0.2) is 66.7 Å². The minimum Gasteiger partial charge on any atom is -0.489 e. The molecule has 0 heterocycles. The Kier molecular flexibility index (Phi) is 8.48. The number of anilines is 1. The Morgan fingerprint density at radius 2 is 1.57 bits per heavy atom. The summed E-state index contributed by atoms with van der Waals surface area (Å²) < 4.78 is 46.8. The molecule has 0 aliphatic heterocycles. The fraction of sp³-hybridized carbons (Fsp3) is 0.269. The van der Waals surface area contributed by atoms with Gasteiger partial charge in [-0.25, -0.2) is 8.70 Å². The molecular formula is C26H30FN3O4S. The van der Waals surface area contributed by atoms with Crippen molar-refractivity contribution in [2.75, 3.05) is 24.9 Å². The molecular weight excluding hydrogens is 469 g/mol. The lowest BCUT2D eigenvalue weighted by molar-refractivity contribution is -0.119. The number of carbonyl (C=O) groups is 1. The molecule has 1 N–H and O–H groups in total. The smallest absolute Gasteiger partial charge is 0.304 e. The van der Waals surface area contributed by atoms with Crippen LogP contribution < -0.4 is 14.4 Å². The SMILES string of the molecule is Cc1ccc(C)c(N(CC(=O)NCc2ccc(OCc3ccc(F)cc3)cc2)S(=O)(=O)N(C)C)c1. The number of hydrogen-bond donors (Lipinski definition) is 1. The predicted molar refractivity (Wildman–Crippen MR) is 135 cm³/mol. The summed E-state index contributed by atoms with van der Waals surface area (Å²) in [4.78, 5) is 12.7. The molecule has 186 valence electrons. The number of amides is 1. The van der Waals surface area contributed by atoms with Gasteiger partial charge in [0.25, 0.3) is 0 Å². The largest absolute Gasteiger partial charge is 0.489 e. The molecule has 35 heavy (non-hydrogen) atoms. The quantitative estimate of drug-likeness (QED) is 0.458. The Morgan fingerprint density at radius 3 is 2.20 bits per heavy atom. The highest BCUT2D eigenvalue weighted by Crippen LogP contribution is 2.25. The molecule has 0 fully saturated rings. The fourth-order valence-electron chi connectivity index (χ4n) is 3.31. The molecule has 1 amide bonds. The van der Waals surface area contributed by atoms with Gasteiger partial charge < -0.3 is 10.1 Å². The lowest BCUT2D eigenvalue weighted by Crippen LogP contribution is -2.46. The van der Waals surface area contributed by atoms with Crippen LogP contribution in [-0.2, 0) is 28.2 Å². The average Bonchev–Trinajstić information content (AvgIpc) is 2.83. The second-order valence-electron chi connectivity index (χ2n) is 8.42. The van der Waals surface area contributed by atoms with Crippen molar-refractivity contribution in [3.8, 4) is 5.75 Å². The molecule has 0 bridgehead atoms. The van der Waals surface area contributed by atoms with Crippen LogP contribution in [0.3, 0.4) is 0 Å². The molecule has 0 atom stereocenters. The standard InChI is InChI=1S/C26H30FN3O4S/c1-19-5-6-20(2)25(15-19)30(35(32,33)29(3)4)17-26(31)28-16-21-9-13-24(14-10-21)34-18-22-7-11-23(27)12-8-22/h5-15H,16-18H2,1-4H3,(H,28,31). The molecule has 0 aliphatic rings. The average molecular weight is 500 g/mol. The summed E-state index contributed by atoms with van der Waals surface area (Å²) >= 11 is 0. The highest BCUT2D eigenvalue weighted by atomic mass is 32.2. The van der Waals surface area contributed by atoms with E-state index in [-0.39, 0.29) is 18.9 Å². The molecule has 3 rings (SSSR count). The molecule has 0 spiro atoms. The predicted octanol–water partition coefficient (Wildman–Crippen LogP) is 3.95. The molecule has 0 saturated carbocycles. The van der Waals surface area contributed by atoms with Gasteiger partial charge in [0.1, 0.15) is 24.7 Å². The summed E-state index contributed by atoms with van der Waals surface area (Å²) in [5.41, 5.74) is 3.80. The van der Waals surface area contributed by atoms with Gasteiger partial charge in [0.15, 0.2) is 0 Å². The van der Waals surface area contributed by atoms with Crippen molar-refractivity contribution in [1.82, 2.24) is 9.62 Å². The zero-order chi connectivity index (χ0) is 25.6. The molecule has 9 heteroatoms. The van der Waals surface area contributed by atoms with Gasteiger partial charge in [-0.05, 0) is 66.4 Å². The third-order valence-electron chi connectivity index (χ3n) is 5.39. The Balaban J connectivity index is 1.62. The van der Waals surface area contributed by atoms with Crippen molar-refractivity contribution in [2.24, 2.45) is 0 Å². The van der Waals surface area contributed by atoms with Crippen molar-refractivity contribution in [1.29, 1.82) is 0 Å². The first-order valence-electron chi connectivity index (χ1n) is 11.1. The molecule has 0 aromatic heterocycles. The van der Waals surface area contributed by atoms with Crippen LogP contribution in [0.4, 0.5) is 10.1 Å². The van der Waals surface area contributed by atoms with Crippen molar-refractivity contribution in [3.63, 3.8) is 0 Å². The van der Waals surface area contributed by atoms with E-state index < -0.39 is 16.1 Å². The normalized spacial score (nSPS) is 11.4. The molecule has 0 aliphatic carbocycles. The Bertz CT molecular complexity index is 1260. The number of carbonyl (C=O) groups excluding carboxylic acids is 1. The number of rotatable bonds is 10. The summed E-state index contributed by atoms with van der Waals surface area (Å²) in [6.07, 6.45) is 0. The van der Waals surface area contributed by atoms with Gasteiger partial charge in [0.2, 0.25) is 5.91 Å². The van der Waals surface area contributed by atoms with E-state index in [0.29, 0.717) is 18.0 Å². The van der Waals surface area contributed by atoms with E-state index in [2.05, 4.69) is 5.32 Å². The minimum atomic E-state index is -3.88. The van der Waals surface area contributed by atoms with Gasteiger partial charge >= 0.3 is 10.2 Å². The van der Waals surface area contributed by atoms with E-state index >= 15 is 0 Å². The van der Waals surface area contributed by atoms with Gasteiger partial charge in [0.05, 0.1) is 5.69 Å². The highest BCUT2D eigenvalue weighted by Gasteiger charge is 2.28. The monoisotopic (exact) mass is 499 g/mol. The van der Waals surface area contributed by atoms with Crippen LogP contribution in [0.2, 0.25) is 0 Å². The van der Waals surface area contributed by atoms with Gasteiger partial charge in [-0.1, -0.05) is 36.4 Å². The van der Waals surface area contributed by atoms with Crippen LogP contribution >= 0.6 is 0 Å². The van der Waals surface area contributed by atoms with Crippen LogP contribution in [0.1, 0.15) is 22.3 Å². The third kappa shape index (κ3) is 7.03. The Labute approximate surface area is 206 Å². The topological polar surface area (TPSA) is 79.0 Å². The highest BCUT2D eigenvalue weighted by molar-refractivity contribution is 7.90. The van der Waals surface area contributed by atoms with E-state index in [4.69, 9.17) is 4.74 Å². The number of halogens is 1. The molecule has 3 aromatic rings. The summed E-state index contributed by atoms with van der Waals surface area (Å²) in [7, 11) is -1.01. The number of aryl methyl sites for hydroxylation is 2. The molecule has 0 unspecified atom stereocenters. The van der Waals surface area contributed by atoms with Gasteiger partial charge in [-0.2, -0.15) is 12.7 Å². The third-order valence-corrected chi connectivity index (χ3v) is 7.20. The van der Waals surface area contributed by atoms with Crippen molar-refractivity contribution < 1.29 is 22.3 Å². The van der Waals surface area contributed by atoms with Crippen LogP contribution in [0.5, 0.6) is 5.75 Å². The molecule has 0 radical (unpaired) electrons. The minimum absolute atomic E-state index is 0.236. The van der Waals surface area contributed by atoms with Crippen molar-refractivity contribution in [3.05, 3.63) is 94.8 Å². The zero-order valence-corrected chi connectivity index (χ0v) is 21.1. The molecule has 0 saturated heterocycles. The van der Waals surface area contributed by atoms with Crippen LogP contribution in [-0.4, -0.2) is 39.3 Å². The molecule has 7 nitrogen and oxygen atoms in total. The maximum atomic E-state index is 13.0. The number of benzene rings is 3. The number of ether oxygens (including phenoxy) is 1.